The predicted octanol–water partition coefficient (Wildman–Crippen LogP) is 16.7. The summed E-state index contributed by atoms with van der Waals surface area (Å²) in [7, 11) is 0. The quantitative estimate of drug-likeness (QED) is 0.156. The predicted molar refractivity (Wildman–Crippen MR) is 264 cm³/mol. The molecule has 0 aliphatic rings. The van der Waals surface area contributed by atoms with Gasteiger partial charge >= 0.3 is 0 Å². The van der Waals surface area contributed by atoms with Crippen LogP contribution in [0.3, 0.4) is 0 Å². The largest absolute Gasteiger partial charge is 0.315 e. The Morgan fingerprint density at radius 2 is 0.661 bits per heavy atom. The van der Waals surface area contributed by atoms with E-state index < -0.39 is 0 Å². The molecule has 0 fully saturated rings. The maximum atomic E-state index is 2.41. The van der Waals surface area contributed by atoms with Gasteiger partial charge in [-0.05, 0) is 103 Å². The Kier molecular flexibility index (Phi) is 8.53. The number of fused-ring (bicyclic) bond motifs is 7. The Hall–Kier alpha value is -8.20. The van der Waals surface area contributed by atoms with Crippen LogP contribution in [0.2, 0.25) is 0 Å². The average molecular weight is 789 g/mol. The summed E-state index contributed by atoms with van der Waals surface area (Å²) in [6, 6.07) is 86.1. The summed E-state index contributed by atoms with van der Waals surface area (Å²) < 4.78 is 2.41. The molecule has 290 valence electrons. The third-order valence-electron chi connectivity index (χ3n) is 12.6. The molecule has 2 nitrogen and oxygen atoms in total. The van der Waals surface area contributed by atoms with Gasteiger partial charge in [0.15, 0.2) is 0 Å². The fraction of sp³-hybridized carbons (Fsp3) is 0. The minimum absolute atomic E-state index is 1.09. The molecule has 0 N–H and O–H groups in total. The Morgan fingerprint density at radius 3 is 1.21 bits per heavy atom. The van der Waals surface area contributed by atoms with Gasteiger partial charge in [0.1, 0.15) is 0 Å². The second-order valence-corrected chi connectivity index (χ2v) is 16.1. The summed E-state index contributed by atoms with van der Waals surface area (Å²) in [4.78, 5) is 2.37. The van der Waals surface area contributed by atoms with Gasteiger partial charge in [0.2, 0.25) is 0 Å². The van der Waals surface area contributed by atoms with Gasteiger partial charge in [0.25, 0.3) is 0 Å². The number of benzene rings is 10. The van der Waals surface area contributed by atoms with Crippen LogP contribution in [0, 0.1) is 0 Å². The van der Waals surface area contributed by atoms with E-state index >= 15 is 0 Å². The standard InChI is InChI=1S/C60H40N2/c1-2-16-47(17-3-1)58-57-26-12-25-55(59(57)61-40-39-43-15-6-9-22-56(43)60(58)61)46-31-37-50(38-32-46)62(48-33-27-44(28-34-48)53-23-10-18-41-13-4-7-20-51(41)53)49-35-29-45(30-36-49)54-24-11-19-42-14-5-8-21-52(42)54/h1-40H. The highest BCUT2D eigenvalue weighted by molar-refractivity contribution is 6.17. The van der Waals surface area contributed by atoms with E-state index in [2.05, 4.69) is 252 Å². The van der Waals surface area contributed by atoms with Crippen molar-refractivity contribution in [3.05, 3.63) is 243 Å². The normalized spacial score (nSPS) is 11.5. The van der Waals surface area contributed by atoms with Crippen molar-refractivity contribution in [2.75, 3.05) is 4.90 Å². The van der Waals surface area contributed by atoms with Crippen molar-refractivity contribution in [1.82, 2.24) is 4.40 Å². The van der Waals surface area contributed by atoms with Crippen molar-refractivity contribution in [3.8, 4) is 44.5 Å². The van der Waals surface area contributed by atoms with Crippen LogP contribution in [-0.2, 0) is 0 Å². The molecule has 2 heterocycles. The van der Waals surface area contributed by atoms with E-state index in [0.29, 0.717) is 0 Å². The molecule has 0 spiro atoms. The van der Waals surface area contributed by atoms with Gasteiger partial charge in [-0.2, -0.15) is 0 Å². The SMILES string of the molecule is c1ccc(-c2c3cccc(-c4ccc(N(c5ccc(-c6cccc7ccccc67)cc5)c5ccc(-c6cccc7ccccc67)cc5)cc4)c3n3ccc4ccccc4c23)cc1. The zero-order chi connectivity index (χ0) is 41.0. The van der Waals surface area contributed by atoms with Gasteiger partial charge in [-0.15, -0.1) is 0 Å². The monoisotopic (exact) mass is 788 g/mol. The van der Waals surface area contributed by atoms with E-state index in [4.69, 9.17) is 0 Å². The van der Waals surface area contributed by atoms with Gasteiger partial charge in [-0.1, -0.05) is 194 Å². The molecule has 2 aromatic heterocycles. The first-order valence-corrected chi connectivity index (χ1v) is 21.3. The van der Waals surface area contributed by atoms with Crippen LogP contribution in [0.4, 0.5) is 17.1 Å². The van der Waals surface area contributed by atoms with E-state index in [1.807, 2.05) is 0 Å². The highest BCUT2D eigenvalue weighted by atomic mass is 15.1. The van der Waals surface area contributed by atoms with Crippen LogP contribution in [0.1, 0.15) is 0 Å². The third kappa shape index (κ3) is 5.96. The molecule has 0 radical (unpaired) electrons. The molecule has 12 aromatic rings. The molecular weight excluding hydrogens is 749 g/mol. The van der Waals surface area contributed by atoms with Crippen molar-refractivity contribution in [2.45, 2.75) is 0 Å². The van der Waals surface area contributed by atoms with Crippen LogP contribution in [0.5, 0.6) is 0 Å². The topological polar surface area (TPSA) is 7.65 Å². The van der Waals surface area contributed by atoms with Gasteiger partial charge in [-0.3, -0.25) is 0 Å². The fourth-order valence-electron chi connectivity index (χ4n) is 9.69. The summed E-state index contributed by atoms with van der Waals surface area (Å²) in [5.41, 5.74) is 15.5. The van der Waals surface area contributed by atoms with Crippen molar-refractivity contribution >= 4 is 65.8 Å². The van der Waals surface area contributed by atoms with Crippen molar-refractivity contribution < 1.29 is 0 Å². The Labute approximate surface area is 360 Å². The van der Waals surface area contributed by atoms with Gasteiger partial charge < -0.3 is 9.30 Å². The Morgan fingerprint density at radius 1 is 0.258 bits per heavy atom. The zero-order valence-corrected chi connectivity index (χ0v) is 34.0. The maximum Gasteiger partial charge on any atom is 0.0619 e. The lowest BCUT2D eigenvalue weighted by atomic mass is 9.97. The van der Waals surface area contributed by atoms with Crippen LogP contribution >= 0.6 is 0 Å². The number of aromatic nitrogens is 1. The van der Waals surface area contributed by atoms with Gasteiger partial charge in [0.05, 0.1) is 11.0 Å². The summed E-state index contributed by atoms with van der Waals surface area (Å²) in [6.45, 7) is 0. The van der Waals surface area contributed by atoms with E-state index in [1.165, 1.54) is 93.2 Å². The molecule has 2 heteroatoms. The molecule has 0 unspecified atom stereocenters. The highest BCUT2D eigenvalue weighted by Gasteiger charge is 2.20. The van der Waals surface area contributed by atoms with E-state index in [-0.39, 0.29) is 0 Å². The molecule has 0 saturated heterocycles. The van der Waals surface area contributed by atoms with Crippen LogP contribution < -0.4 is 4.90 Å². The maximum absolute atomic E-state index is 2.41. The minimum atomic E-state index is 1.09. The average Bonchev–Trinajstić information content (AvgIpc) is 3.70. The van der Waals surface area contributed by atoms with Crippen LogP contribution in [0.25, 0.3) is 93.2 Å². The molecule has 0 bridgehead atoms. The van der Waals surface area contributed by atoms with Gasteiger partial charge in [0, 0.05) is 45.2 Å². The van der Waals surface area contributed by atoms with Crippen LogP contribution in [-0.4, -0.2) is 4.40 Å². The van der Waals surface area contributed by atoms with Crippen molar-refractivity contribution in [1.29, 1.82) is 0 Å². The molecule has 62 heavy (non-hydrogen) atoms. The third-order valence-corrected chi connectivity index (χ3v) is 12.6. The fourth-order valence-corrected chi connectivity index (χ4v) is 9.69. The number of hydrogen-bond donors (Lipinski definition) is 0. The molecule has 10 aromatic carbocycles. The number of nitrogens with zero attached hydrogens (tertiary/aromatic N) is 2. The summed E-state index contributed by atoms with van der Waals surface area (Å²) >= 11 is 0. The second-order valence-electron chi connectivity index (χ2n) is 16.1. The second kappa shape index (κ2) is 14.8. The highest BCUT2D eigenvalue weighted by Crippen LogP contribution is 2.44. The molecular formula is C60H40N2. The van der Waals surface area contributed by atoms with Crippen molar-refractivity contribution in [2.24, 2.45) is 0 Å². The number of hydrogen-bond acceptors (Lipinski definition) is 1. The van der Waals surface area contributed by atoms with E-state index in [1.54, 1.807) is 0 Å². The number of pyridine rings is 1. The Bertz CT molecular complexity index is 3470. The first kappa shape index (κ1) is 35.7. The summed E-state index contributed by atoms with van der Waals surface area (Å²) in [6.07, 6.45) is 2.25. The number of rotatable bonds is 7. The first-order valence-electron chi connectivity index (χ1n) is 21.3. The molecule has 0 saturated carbocycles. The lowest BCUT2D eigenvalue weighted by Gasteiger charge is -2.26. The first-order chi connectivity index (χ1) is 30.8. The summed E-state index contributed by atoms with van der Waals surface area (Å²) in [5.74, 6) is 0. The minimum Gasteiger partial charge on any atom is -0.315 e. The molecule has 0 atom stereocenters. The zero-order valence-electron chi connectivity index (χ0n) is 34.0. The number of para-hydroxylation sites is 1. The summed E-state index contributed by atoms with van der Waals surface area (Å²) in [5, 5.41) is 8.74. The lowest BCUT2D eigenvalue weighted by Crippen LogP contribution is -2.09. The molecule has 0 aliphatic carbocycles. The Balaban J connectivity index is 0.987. The van der Waals surface area contributed by atoms with E-state index in [9.17, 15) is 0 Å². The smallest absolute Gasteiger partial charge is 0.0619 e. The molecule has 0 aliphatic heterocycles. The number of anilines is 3. The van der Waals surface area contributed by atoms with Crippen LogP contribution in [0.15, 0.2) is 243 Å². The lowest BCUT2D eigenvalue weighted by molar-refractivity contribution is 1.27. The van der Waals surface area contributed by atoms with Crippen molar-refractivity contribution in [3.63, 3.8) is 0 Å². The molecule has 12 rings (SSSR count). The molecule has 0 amide bonds. The van der Waals surface area contributed by atoms with E-state index in [0.717, 1.165) is 17.1 Å². The van der Waals surface area contributed by atoms with Gasteiger partial charge in [-0.25, -0.2) is 0 Å².